The van der Waals surface area contributed by atoms with E-state index in [4.69, 9.17) is 14.2 Å². The molecule has 0 spiro atoms. The van der Waals surface area contributed by atoms with Crippen LogP contribution in [-0.4, -0.2) is 32.1 Å². The molecule has 0 aliphatic carbocycles. The van der Waals surface area contributed by atoms with E-state index in [1.54, 1.807) is 0 Å². The summed E-state index contributed by atoms with van der Waals surface area (Å²) in [5.41, 5.74) is 1.04. The quantitative estimate of drug-likeness (QED) is 0.795. The van der Waals surface area contributed by atoms with Crippen LogP contribution in [0.4, 0.5) is 0 Å². The van der Waals surface area contributed by atoms with Crippen molar-refractivity contribution in [1.29, 1.82) is 0 Å². The molecular formula is C18H19NO3. The van der Waals surface area contributed by atoms with Crippen LogP contribution in [0.15, 0.2) is 53.5 Å². The van der Waals surface area contributed by atoms with Crippen molar-refractivity contribution in [3.8, 4) is 17.2 Å². The summed E-state index contributed by atoms with van der Waals surface area (Å²) >= 11 is 0. The van der Waals surface area contributed by atoms with Gasteiger partial charge in [-0.1, -0.05) is 12.1 Å². The van der Waals surface area contributed by atoms with Gasteiger partial charge in [-0.2, -0.15) is 0 Å². The van der Waals surface area contributed by atoms with Gasteiger partial charge in [-0.05, 0) is 48.9 Å². The molecule has 1 atom stereocenters. The second-order valence-corrected chi connectivity index (χ2v) is 4.99. The predicted molar refractivity (Wildman–Crippen MR) is 86.4 cm³/mol. The minimum Gasteiger partial charge on any atom is -0.494 e. The number of rotatable bonds is 5. The fourth-order valence-electron chi connectivity index (χ4n) is 2.25. The molecule has 0 aromatic heterocycles. The van der Waals surface area contributed by atoms with Gasteiger partial charge in [-0.25, -0.2) is 0 Å². The Labute approximate surface area is 130 Å². The first-order chi connectivity index (χ1) is 10.8. The van der Waals surface area contributed by atoms with Gasteiger partial charge >= 0.3 is 0 Å². The molecule has 0 bridgehead atoms. The number of aliphatic imine (C=N–C) groups is 1. The molecule has 114 valence electrons. The van der Waals surface area contributed by atoms with Crippen molar-refractivity contribution in [1.82, 2.24) is 0 Å². The van der Waals surface area contributed by atoms with E-state index in [2.05, 4.69) is 4.99 Å². The first-order valence-electron chi connectivity index (χ1n) is 7.46. The topological polar surface area (TPSA) is 40.0 Å². The molecule has 0 amide bonds. The zero-order valence-corrected chi connectivity index (χ0v) is 12.6. The number of hydrogen-bond donors (Lipinski definition) is 0. The van der Waals surface area contributed by atoms with Crippen molar-refractivity contribution in [2.45, 2.75) is 13.0 Å². The monoisotopic (exact) mass is 297 g/mol. The average Bonchev–Trinajstić information content (AvgIpc) is 2.57. The summed E-state index contributed by atoms with van der Waals surface area (Å²) in [6, 6.07) is 15.6. The Morgan fingerprint density at radius 3 is 2.68 bits per heavy atom. The zero-order valence-electron chi connectivity index (χ0n) is 12.6. The van der Waals surface area contributed by atoms with Gasteiger partial charge in [-0.3, -0.25) is 4.99 Å². The molecule has 4 heteroatoms. The van der Waals surface area contributed by atoms with E-state index in [1.165, 1.54) is 0 Å². The molecule has 0 unspecified atom stereocenters. The van der Waals surface area contributed by atoms with Crippen LogP contribution in [0.5, 0.6) is 17.2 Å². The van der Waals surface area contributed by atoms with Crippen molar-refractivity contribution in [2.75, 3.05) is 19.8 Å². The van der Waals surface area contributed by atoms with Gasteiger partial charge in [0.15, 0.2) is 17.6 Å². The van der Waals surface area contributed by atoms with Crippen LogP contribution in [0.3, 0.4) is 0 Å². The zero-order chi connectivity index (χ0) is 15.2. The van der Waals surface area contributed by atoms with Crippen LogP contribution in [0.2, 0.25) is 0 Å². The highest BCUT2D eigenvalue weighted by Gasteiger charge is 2.19. The van der Waals surface area contributed by atoms with E-state index in [1.807, 2.05) is 61.7 Å². The van der Waals surface area contributed by atoms with Gasteiger partial charge in [-0.15, -0.1) is 0 Å². The van der Waals surface area contributed by atoms with Crippen LogP contribution < -0.4 is 14.2 Å². The van der Waals surface area contributed by atoms with E-state index in [-0.39, 0.29) is 6.10 Å². The highest BCUT2D eigenvalue weighted by atomic mass is 16.6. The van der Waals surface area contributed by atoms with Crippen molar-refractivity contribution in [3.05, 3.63) is 54.1 Å². The van der Waals surface area contributed by atoms with E-state index < -0.39 is 0 Å². The third kappa shape index (κ3) is 3.58. The highest BCUT2D eigenvalue weighted by Crippen LogP contribution is 2.30. The van der Waals surface area contributed by atoms with Crippen LogP contribution >= 0.6 is 0 Å². The lowest BCUT2D eigenvalue weighted by Crippen LogP contribution is -2.31. The normalized spacial score (nSPS) is 16.7. The molecule has 1 aliphatic heterocycles. The summed E-state index contributed by atoms with van der Waals surface area (Å²) in [6.45, 7) is 3.74. The lowest BCUT2D eigenvalue weighted by molar-refractivity contribution is 0.0973. The number of ether oxygens (including phenoxy) is 3. The molecule has 1 heterocycles. The molecule has 0 saturated heterocycles. The molecule has 3 rings (SSSR count). The molecule has 0 saturated carbocycles. The van der Waals surface area contributed by atoms with E-state index in [9.17, 15) is 0 Å². The van der Waals surface area contributed by atoms with Gasteiger partial charge in [0.05, 0.1) is 13.2 Å². The van der Waals surface area contributed by atoms with Gasteiger partial charge < -0.3 is 14.2 Å². The van der Waals surface area contributed by atoms with Crippen LogP contribution in [0.1, 0.15) is 12.5 Å². The van der Waals surface area contributed by atoms with Crippen molar-refractivity contribution in [2.24, 2.45) is 4.99 Å². The molecule has 0 radical (unpaired) electrons. The van der Waals surface area contributed by atoms with Crippen LogP contribution in [0.25, 0.3) is 0 Å². The summed E-state index contributed by atoms with van der Waals surface area (Å²) in [4.78, 5) is 4.44. The maximum atomic E-state index is 5.86. The summed E-state index contributed by atoms with van der Waals surface area (Å²) in [6.07, 6.45) is 1.80. The van der Waals surface area contributed by atoms with Crippen molar-refractivity contribution >= 4 is 6.21 Å². The van der Waals surface area contributed by atoms with Gasteiger partial charge in [0.2, 0.25) is 0 Å². The van der Waals surface area contributed by atoms with Crippen molar-refractivity contribution < 1.29 is 14.2 Å². The summed E-state index contributed by atoms with van der Waals surface area (Å²) in [7, 11) is 0. The summed E-state index contributed by atoms with van der Waals surface area (Å²) < 4.78 is 16.9. The maximum Gasteiger partial charge on any atom is 0.161 e. The van der Waals surface area contributed by atoms with Gasteiger partial charge in [0, 0.05) is 6.21 Å². The standard InChI is InChI=1S/C18H19NO3/c1-2-20-15-9-7-14(8-10-15)11-19-12-16-13-21-17-5-3-4-6-18(17)22-16/h3-11,16H,2,12-13H2,1H3/t16-/m1/s1. The van der Waals surface area contributed by atoms with Crippen molar-refractivity contribution in [3.63, 3.8) is 0 Å². The Kier molecular flexibility index (Phi) is 4.59. The van der Waals surface area contributed by atoms with Crippen LogP contribution in [0, 0.1) is 0 Å². The molecule has 22 heavy (non-hydrogen) atoms. The molecule has 1 aliphatic rings. The highest BCUT2D eigenvalue weighted by molar-refractivity contribution is 5.79. The minimum absolute atomic E-state index is 0.0474. The molecule has 2 aromatic carbocycles. The smallest absolute Gasteiger partial charge is 0.161 e. The Morgan fingerprint density at radius 1 is 1.14 bits per heavy atom. The SMILES string of the molecule is CCOc1ccc(C=NC[C@@H]2COc3ccccc3O2)cc1. The Bertz CT molecular complexity index is 637. The maximum absolute atomic E-state index is 5.86. The largest absolute Gasteiger partial charge is 0.494 e. The predicted octanol–water partition coefficient (Wildman–Crippen LogP) is 3.34. The Hall–Kier alpha value is -2.49. The third-order valence-electron chi connectivity index (χ3n) is 3.31. The minimum atomic E-state index is -0.0474. The number of para-hydroxylation sites is 2. The third-order valence-corrected chi connectivity index (χ3v) is 3.31. The Morgan fingerprint density at radius 2 is 1.91 bits per heavy atom. The first kappa shape index (κ1) is 14.4. The number of nitrogens with zero attached hydrogens (tertiary/aromatic N) is 1. The van der Waals surface area contributed by atoms with E-state index in [0.29, 0.717) is 19.8 Å². The second-order valence-electron chi connectivity index (χ2n) is 4.99. The fourth-order valence-corrected chi connectivity index (χ4v) is 2.25. The average molecular weight is 297 g/mol. The molecule has 2 aromatic rings. The van der Waals surface area contributed by atoms with Gasteiger partial charge in [0.25, 0.3) is 0 Å². The lowest BCUT2D eigenvalue weighted by Gasteiger charge is -2.25. The Balaban J connectivity index is 1.54. The number of benzene rings is 2. The fraction of sp³-hybridized carbons (Fsp3) is 0.278. The lowest BCUT2D eigenvalue weighted by atomic mass is 10.2. The molecule has 0 N–H and O–H groups in total. The first-order valence-corrected chi connectivity index (χ1v) is 7.46. The van der Waals surface area contributed by atoms with Gasteiger partial charge in [0.1, 0.15) is 12.4 Å². The van der Waals surface area contributed by atoms with E-state index in [0.717, 1.165) is 22.8 Å². The van der Waals surface area contributed by atoms with E-state index >= 15 is 0 Å². The molecule has 0 fully saturated rings. The van der Waals surface area contributed by atoms with Crippen LogP contribution in [-0.2, 0) is 0 Å². The number of fused-ring (bicyclic) bond motifs is 1. The number of hydrogen-bond acceptors (Lipinski definition) is 4. The summed E-state index contributed by atoms with van der Waals surface area (Å²) in [5, 5.41) is 0. The molecule has 4 nitrogen and oxygen atoms in total. The molecular weight excluding hydrogens is 278 g/mol. The summed E-state index contributed by atoms with van der Waals surface area (Å²) in [5.74, 6) is 2.46. The second kappa shape index (κ2) is 6.98.